The summed E-state index contributed by atoms with van der Waals surface area (Å²) < 4.78 is 28.4. The molecule has 1 heterocycles. The van der Waals surface area contributed by atoms with Gasteiger partial charge in [0, 0.05) is 11.1 Å². The van der Waals surface area contributed by atoms with Gasteiger partial charge in [-0.2, -0.15) is 8.78 Å². The third-order valence-corrected chi connectivity index (χ3v) is 2.11. The normalized spacial score (nSPS) is 11.0. The average Bonchev–Trinajstić information content (AvgIpc) is 2.18. The molecule has 0 saturated heterocycles. The second-order valence-corrected chi connectivity index (χ2v) is 3.35. The van der Waals surface area contributed by atoms with E-state index in [0.29, 0.717) is 0 Å². The van der Waals surface area contributed by atoms with Crippen molar-refractivity contribution in [3.05, 3.63) is 33.8 Å². The third kappa shape index (κ3) is 1.96. The van der Waals surface area contributed by atoms with Crippen LogP contribution in [0.5, 0.6) is 5.75 Å². The van der Waals surface area contributed by atoms with Gasteiger partial charge in [0.25, 0.3) is 5.56 Å². The van der Waals surface area contributed by atoms with Gasteiger partial charge in [-0.3, -0.25) is 4.79 Å². The Morgan fingerprint density at radius 2 is 2.19 bits per heavy atom. The number of ether oxygens (including phenoxy) is 1. The number of alkyl halides is 2. The Morgan fingerprint density at radius 1 is 1.44 bits per heavy atom. The van der Waals surface area contributed by atoms with Gasteiger partial charge in [0.05, 0.1) is 11.7 Å². The van der Waals surface area contributed by atoms with Crippen LogP contribution < -0.4 is 10.3 Å². The van der Waals surface area contributed by atoms with E-state index in [2.05, 4.69) is 14.7 Å². The molecule has 0 aliphatic carbocycles. The van der Waals surface area contributed by atoms with Crippen molar-refractivity contribution < 1.29 is 13.5 Å². The lowest BCUT2D eigenvalue weighted by atomic mass is 10.2. The zero-order valence-corrected chi connectivity index (χ0v) is 8.46. The summed E-state index contributed by atoms with van der Waals surface area (Å²) in [5, 5.41) is 0.229. The lowest BCUT2D eigenvalue weighted by Crippen LogP contribution is -2.09. The van der Waals surface area contributed by atoms with Gasteiger partial charge in [-0.25, -0.2) is 4.98 Å². The van der Waals surface area contributed by atoms with Crippen LogP contribution in [0.15, 0.2) is 23.3 Å². The summed E-state index contributed by atoms with van der Waals surface area (Å²) in [5.74, 6) is -0.219. The van der Waals surface area contributed by atoms with Gasteiger partial charge in [-0.05, 0) is 6.07 Å². The molecule has 0 bridgehead atoms. The molecular formula is C9H5ClF2N2O2. The van der Waals surface area contributed by atoms with Crippen LogP contribution in [0.4, 0.5) is 8.78 Å². The molecular weight excluding hydrogens is 242 g/mol. The molecule has 0 aliphatic rings. The topological polar surface area (TPSA) is 55.0 Å². The zero-order valence-electron chi connectivity index (χ0n) is 7.71. The van der Waals surface area contributed by atoms with Crippen LogP contribution in [0.1, 0.15) is 0 Å². The fourth-order valence-electron chi connectivity index (χ4n) is 1.30. The van der Waals surface area contributed by atoms with Crippen molar-refractivity contribution >= 4 is 22.5 Å². The van der Waals surface area contributed by atoms with E-state index < -0.39 is 12.2 Å². The van der Waals surface area contributed by atoms with Crippen LogP contribution in [0.2, 0.25) is 5.02 Å². The van der Waals surface area contributed by atoms with Crippen LogP contribution in [-0.4, -0.2) is 16.6 Å². The summed E-state index contributed by atoms with van der Waals surface area (Å²) in [7, 11) is 0. The summed E-state index contributed by atoms with van der Waals surface area (Å²) in [6.07, 6.45) is 1.11. The van der Waals surface area contributed by atoms with Crippen LogP contribution in [0.3, 0.4) is 0 Å². The molecule has 0 amide bonds. The standard InChI is InChI=1S/C9H5ClF2N2O2/c10-4-1-5-7(13-3-14-8(5)15)6(2-4)16-9(11)12/h1-3,9H,(H,13,14,15). The van der Waals surface area contributed by atoms with Crippen molar-refractivity contribution in [3.8, 4) is 5.75 Å². The lowest BCUT2D eigenvalue weighted by molar-refractivity contribution is -0.0489. The molecule has 1 N–H and O–H groups in total. The summed E-state index contributed by atoms with van der Waals surface area (Å²) in [4.78, 5) is 17.4. The van der Waals surface area contributed by atoms with E-state index >= 15 is 0 Å². The summed E-state index contributed by atoms with van der Waals surface area (Å²) >= 11 is 5.67. The Balaban J connectivity index is 2.73. The van der Waals surface area contributed by atoms with Gasteiger partial charge in [-0.1, -0.05) is 11.6 Å². The van der Waals surface area contributed by atoms with E-state index in [1.54, 1.807) is 0 Å². The zero-order chi connectivity index (χ0) is 11.7. The predicted octanol–water partition coefficient (Wildman–Crippen LogP) is 2.18. The molecule has 0 radical (unpaired) electrons. The molecule has 0 atom stereocenters. The number of benzene rings is 1. The SMILES string of the molecule is O=c1[nH]cnc2c(OC(F)F)cc(Cl)cc12. The minimum absolute atomic E-state index is 0.0495. The molecule has 7 heteroatoms. The van der Waals surface area contributed by atoms with Gasteiger partial charge in [0.15, 0.2) is 5.75 Å². The molecule has 1 aromatic carbocycles. The number of aromatic nitrogens is 2. The highest BCUT2D eigenvalue weighted by atomic mass is 35.5. The number of nitrogens with zero attached hydrogens (tertiary/aromatic N) is 1. The highest BCUT2D eigenvalue weighted by Gasteiger charge is 2.12. The van der Waals surface area contributed by atoms with Crippen molar-refractivity contribution in [1.29, 1.82) is 0 Å². The Kier molecular flexibility index (Phi) is 2.74. The summed E-state index contributed by atoms with van der Waals surface area (Å²) in [6, 6.07) is 2.52. The highest BCUT2D eigenvalue weighted by molar-refractivity contribution is 6.31. The molecule has 2 aromatic rings. The lowest BCUT2D eigenvalue weighted by Gasteiger charge is -2.07. The number of H-pyrrole nitrogens is 1. The van der Waals surface area contributed by atoms with E-state index in [-0.39, 0.29) is 21.7 Å². The number of hydrogen-bond donors (Lipinski definition) is 1. The van der Waals surface area contributed by atoms with Crippen LogP contribution >= 0.6 is 11.6 Å². The maximum absolute atomic E-state index is 12.1. The maximum atomic E-state index is 12.1. The number of aromatic amines is 1. The Labute approximate surface area is 92.8 Å². The summed E-state index contributed by atoms with van der Waals surface area (Å²) in [5.41, 5.74) is -0.417. The van der Waals surface area contributed by atoms with Crippen molar-refractivity contribution in [2.75, 3.05) is 0 Å². The van der Waals surface area contributed by atoms with Crippen LogP contribution in [0.25, 0.3) is 10.9 Å². The largest absolute Gasteiger partial charge is 0.432 e. The van der Waals surface area contributed by atoms with Gasteiger partial charge >= 0.3 is 6.61 Å². The van der Waals surface area contributed by atoms with Gasteiger partial charge in [0.2, 0.25) is 0 Å². The summed E-state index contributed by atoms with van der Waals surface area (Å²) in [6.45, 7) is -3.00. The Bertz CT molecular complexity index is 585. The molecule has 4 nitrogen and oxygen atoms in total. The Morgan fingerprint density at radius 3 is 2.88 bits per heavy atom. The van der Waals surface area contributed by atoms with E-state index in [9.17, 15) is 13.6 Å². The molecule has 1 aromatic heterocycles. The average molecular weight is 247 g/mol. The smallest absolute Gasteiger partial charge is 0.387 e. The first-order valence-corrected chi connectivity index (χ1v) is 4.57. The predicted molar refractivity (Wildman–Crippen MR) is 54.0 cm³/mol. The molecule has 0 spiro atoms. The molecule has 16 heavy (non-hydrogen) atoms. The van der Waals surface area contributed by atoms with E-state index in [1.165, 1.54) is 12.1 Å². The van der Waals surface area contributed by atoms with Gasteiger partial charge < -0.3 is 9.72 Å². The minimum Gasteiger partial charge on any atom is -0.432 e. The first kappa shape index (κ1) is 10.8. The second kappa shape index (κ2) is 4.05. The number of halogens is 3. The van der Waals surface area contributed by atoms with Gasteiger partial charge in [0.1, 0.15) is 5.52 Å². The molecule has 0 fully saturated rings. The highest BCUT2D eigenvalue weighted by Crippen LogP contribution is 2.27. The quantitative estimate of drug-likeness (QED) is 0.884. The molecule has 0 saturated carbocycles. The molecule has 0 aliphatic heterocycles. The van der Waals surface area contributed by atoms with Crippen molar-refractivity contribution in [2.45, 2.75) is 6.61 Å². The van der Waals surface area contributed by atoms with Crippen molar-refractivity contribution in [1.82, 2.24) is 9.97 Å². The van der Waals surface area contributed by atoms with E-state index in [0.717, 1.165) is 6.33 Å². The number of fused-ring (bicyclic) bond motifs is 1. The third-order valence-electron chi connectivity index (χ3n) is 1.89. The maximum Gasteiger partial charge on any atom is 0.387 e. The number of nitrogens with one attached hydrogen (secondary N) is 1. The first-order valence-electron chi connectivity index (χ1n) is 4.19. The van der Waals surface area contributed by atoms with Crippen LogP contribution in [-0.2, 0) is 0 Å². The monoisotopic (exact) mass is 246 g/mol. The van der Waals surface area contributed by atoms with E-state index in [4.69, 9.17) is 11.6 Å². The number of rotatable bonds is 2. The Hall–Kier alpha value is -1.69. The second-order valence-electron chi connectivity index (χ2n) is 2.91. The molecule has 84 valence electrons. The minimum atomic E-state index is -3.00. The van der Waals surface area contributed by atoms with Crippen molar-refractivity contribution in [2.24, 2.45) is 0 Å². The molecule has 2 rings (SSSR count). The van der Waals surface area contributed by atoms with Crippen LogP contribution in [0, 0.1) is 0 Å². The number of hydrogen-bond acceptors (Lipinski definition) is 3. The first-order chi connectivity index (χ1) is 7.58. The van der Waals surface area contributed by atoms with E-state index in [1.807, 2.05) is 0 Å². The molecule has 0 unspecified atom stereocenters. The fraction of sp³-hybridized carbons (Fsp3) is 0.111. The van der Waals surface area contributed by atoms with Gasteiger partial charge in [-0.15, -0.1) is 0 Å². The van der Waals surface area contributed by atoms with Crippen molar-refractivity contribution in [3.63, 3.8) is 0 Å². The fourth-order valence-corrected chi connectivity index (χ4v) is 1.51.